The molecule has 1 amide bonds. The Balaban J connectivity index is 2.68. The standard InChI is InChI=1S/C5H10N2O/c1-5(2)4(8)6-3-7-5/h7H,3H2,1-2H3,(H,6,8). The van der Waals surface area contributed by atoms with Gasteiger partial charge in [0.25, 0.3) is 0 Å². The summed E-state index contributed by atoms with van der Waals surface area (Å²) in [6.45, 7) is 4.32. The summed E-state index contributed by atoms with van der Waals surface area (Å²) < 4.78 is 0. The first-order valence-electron chi connectivity index (χ1n) is 2.66. The van der Waals surface area contributed by atoms with Crippen molar-refractivity contribution in [3.63, 3.8) is 0 Å². The average Bonchev–Trinajstić information content (AvgIpc) is 1.86. The highest BCUT2D eigenvalue weighted by Crippen LogP contribution is 2.04. The largest absolute Gasteiger partial charge is 0.342 e. The van der Waals surface area contributed by atoms with Gasteiger partial charge < -0.3 is 5.32 Å². The molecule has 3 heteroatoms. The number of rotatable bonds is 0. The third-order valence-corrected chi connectivity index (χ3v) is 1.35. The Morgan fingerprint density at radius 2 is 2.25 bits per heavy atom. The van der Waals surface area contributed by atoms with Gasteiger partial charge >= 0.3 is 0 Å². The maximum atomic E-state index is 10.7. The molecule has 1 aliphatic rings. The van der Waals surface area contributed by atoms with Gasteiger partial charge in [0.1, 0.15) is 0 Å². The van der Waals surface area contributed by atoms with Crippen LogP contribution in [0.3, 0.4) is 0 Å². The summed E-state index contributed by atoms with van der Waals surface area (Å²) in [5.41, 5.74) is -0.347. The van der Waals surface area contributed by atoms with Gasteiger partial charge in [-0.15, -0.1) is 0 Å². The minimum absolute atomic E-state index is 0.0810. The first kappa shape index (κ1) is 5.56. The van der Waals surface area contributed by atoms with Crippen molar-refractivity contribution in [1.29, 1.82) is 0 Å². The maximum Gasteiger partial charge on any atom is 0.240 e. The molecule has 0 saturated carbocycles. The lowest BCUT2D eigenvalue weighted by molar-refractivity contribution is -0.123. The lowest BCUT2D eigenvalue weighted by atomic mass is 10.1. The molecule has 0 aromatic carbocycles. The van der Waals surface area contributed by atoms with Crippen molar-refractivity contribution in [1.82, 2.24) is 10.6 Å². The van der Waals surface area contributed by atoms with Crippen LogP contribution in [0, 0.1) is 0 Å². The van der Waals surface area contributed by atoms with Crippen LogP contribution in [-0.2, 0) is 4.79 Å². The van der Waals surface area contributed by atoms with Crippen molar-refractivity contribution in [3.05, 3.63) is 0 Å². The van der Waals surface area contributed by atoms with E-state index in [1.54, 1.807) is 0 Å². The highest BCUT2D eigenvalue weighted by atomic mass is 16.2. The molecule has 0 aromatic heterocycles. The van der Waals surface area contributed by atoms with E-state index in [1.165, 1.54) is 0 Å². The molecule has 0 spiro atoms. The van der Waals surface area contributed by atoms with Gasteiger partial charge in [0.05, 0.1) is 12.2 Å². The van der Waals surface area contributed by atoms with E-state index in [2.05, 4.69) is 10.6 Å². The first-order valence-corrected chi connectivity index (χ1v) is 2.66. The summed E-state index contributed by atoms with van der Waals surface area (Å²) in [7, 11) is 0. The maximum absolute atomic E-state index is 10.7. The second kappa shape index (κ2) is 1.45. The molecule has 0 bridgehead atoms. The number of hydrogen-bond acceptors (Lipinski definition) is 2. The highest BCUT2D eigenvalue weighted by molar-refractivity contribution is 5.87. The van der Waals surface area contributed by atoms with Gasteiger partial charge in [-0.3, -0.25) is 10.1 Å². The van der Waals surface area contributed by atoms with Crippen LogP contribution >= 0.6 is 0 Å². The van der Waals surface area contributed by atoms with Gasteiger partial charge in [-0.1, -0.05) is 0 Å². The number of carbonyl (C=O) groups excluding carboxylic acids is 1. The lowest BCUT2D eigenvalue weighted by Gasteiger charge is -2.11. The molecule has 0 radical (unpaired) electrons. The average molecular weight is 114 g/mol. The molecule has 1 saturated heterocycles. The number of carbonyl (C=O) groups is 1. The smallest absolute Gasteiger partial charge is 0.240 e. The van der Waals surface area contributed by atoms with Gasteiger partial charge in [0, 0.05) is 0 Å². The Hall–Kier alpha value is -0.570. The zero-order valence-corrected chi connectivity index (χ0v) is 5.12. The first-order chi connectivity index (χ1) is 3.63. The van der Waals surface area contributed by atoms with E-state index in [0.29, 0.717) is 6.67 Å². The van der Waals surface area contributed by atoms with Gasteiger partial charge in [0.15, 0.2) is 0 Å². The number of amides is 1. The van der Waals surface area contributed by atoms with Crippen molar-refractivity contribution in [2.24, 2.45) is 0 Å². The summed E-state index contributed by atoms with van der Waals surface area (Å²) in [5.74, 6) is 0.0810. The summed E-state index contributed by atoms with van der Waals surface area (Å²) in [6, 6.07) is 0. The van der Waals surface area contributed by atoms with Gasteiger partial charge in [-0.25, -0.2) is 0 Å². The van der Waals surface area contributed by atoms with E-state index in [1.807, 2.05) is 13.8 Å². The molecule has 2 N–H and O–H groups in total. The minimum Gasteiger partial charge on any atom is -0.342 e. The van der Waals surface area contributed by atoms with Crippen LogP contribution in [0.15, 0.2) is 0 Å². The summed E-state index contributed by atoms with van der Waals surface area (Å²) in [5, 5.41) is 5.64. The Labute approximate surface area is 48.5 Å². The molecule has 3 nitrogen and oxygen atoms in total. The zero-order chi connectivity index (χ0) is 6.20. The quantitative estimate of drug-likeness (QED) is 0.443. The number of hydrogen-bond donors (Lipinski definition) is 2. The molecule has 0 aromatic rings. The fourth-order valence-electron chi connectivity index (χ4n) is 0.647. The van der Waals surface area contributed by atoms with Crippen LogP contribution < -0.4 is 10.6 Å². The number of nitrogens with one attached hydrogen (secondary N) is 2. The van der Waals surface area contributed by atoms with Crippen LogP contribution in [0.4, 0.5) is 0 Å². The van der Waals surface area contributed by atoms with E-state index >= 15 is 0 Å². The van der Waals surface area contributed by atoms with Crippen LogP contribution in [0.2, 0.25) is 0 Å². The second-order valence-corrected chi connectivity index (χ2v) is 2.48. The molecular weight excluding hydrogens is 104 g/mol. The molecule has 0 aliphatic carbocycles. The van der Waals surface area contributed by atoms with Crippen molar-refractivity contribution in [3.8, 4) is 0 Å². The van der Waals surface area contributed by atoms with E-state index < -0.39 is 0 Å². The van der Waals surface area contributed by atoms with Gasteiger partial charge in [-0.2, -0.15) is 0 Å². The molecule has 46 valence electrons. The minimum atomic E-state index is -0.347. The SMILES string of the molecule is CC1(C)NCNC1=O. The van der Waals surface area contributed by atoms with Crippen molar-refractivity contribution in [2.45, 2.75) is 19.4 Å². The Bertz CT molecular complexity index is 120. The molecular formula is C5H10N2O. The predicted molar refractivity (Wildman–Crippen MR) is 30.2 cm³/mol. The van der Waals surface area contributed by atoms with Gasteiger partial charge in [0.2, 0.25) is 5.91 Å². The molecule has 0 unspecified atom stereocenters. The third-order valence-electron chi connectivity index (χ3n) is 1.35. The van der Waals surface area contributed by atoms with Crippen LogP contribution in [0.25, 0.3) is 0 Å². The molecule has 8 heavy (non-hydrogen) atoms. The van der Waals surface area contributed by atoms with Crippen LogP contribution in [0.5, 0.6) is 0 Å². The van der Waals surface area contributed by atoms with Crippen LogP contribution in [-0.4, -0.2) is 18.1 Å². The molecule has 1 rings (SSSR count). The fourth-order valence-corrected chi connectivity index (χ4v) is 0.647. The Kier molecular flexibility index (Phi) is 1.01. The van der Waals surface area contributed by atoms with Gasteiger partial charge in [-0.05, 0) is 13.8 Å². The summed E-state index contributed by atoms with van der Waals surface area (Å²) >= 11 is 0. The Morgan fingerprint density at radius 3 is 2.38 bits per heavy atom. The summed E-state index contributed by atoms with van der Waals surface area (Å²) in [6.07, 6.45) is 0. The molecule has 1 heterocycles. The van der Waals surface area contributed by atoms with E-state index in [4.69, 9.17) is 0 Å². The highest BCUT2D eigenvalue weighted by Gasteiger charge is 2.31. The van der Waals surface area contributed by atoms with Crippen molar-refractivity contribution < 1.29 is 4.79 Å². The fraction of sp³-hybridized carbons (Fsp3) is 0.800. The van der Waals surface area contributed by atoms with Crippen LogP contribution in [0.1, 0.15) is 13.8 Å². The van der Waals surface area contributed by atoms with E-state index in [0.717, 1.165) is 0 Å². The second-order valence-electron chi connectivity index (χ2n) is 2.48. The lowest BCUT2D eigenvalue weighted by Crippen LogP contribution is -2.39. The van der Waals surface area contributed by atoms with Crippen molar-refractivity contribution in [2.75, 3.05) is 6.67 Å². The molecule has 0 atom stereocenters. The topological polar surface area (TPSA) is 41.1 Å². The molecule has 1 aliphatic heterocycles. The summed E-state index contributed by atoms with van der Waals surface area (Å²) in [4.78, 5) is 10.7. The Morgan fingerprint density at radius 1 is 1.62 bits per heavy atom. The van der Waals surface area contributed by atoms with E-state index in [-0.39, 0.29) is 11.4 Å². The third kappa shape index (κ3) is 0.690. The van der Waals surface area contributed by atoms with E-state index in [9.17, 15) is 4.79 Å². The zero-order valence-electron chi connectivity index (χ0n) is 5.12. The van der Waals surface area contributed by atoms with Crippen molar-refractivity contribution >= 4 is 5.91 Å². The molecule has 1 fully saturated rings. The normalized spacial score (nSPS) is 25.5. The predicted octanol–water partition coefficient (Wildman–Crippen LogP) is -0.558. The monoisotopic (exact) mass is 114 g/mol.